The van der Waals surface area contributed by atoms with Crippen molar-refractivity contribution < 1.29 is 17.6 Å². The molecular formula is C18H11F2N7O3. The van der Waals surface area contributed by atoms with Gasteiger partial charge in [-0.15, -0.1) is 20.4 Å². The van der Waals surface area contributed by atoms with E-state index >= 15 is 0 Å². The molecule has 150 valence electrons. The average Bonchev–Trinajstić information content (AvgIpc) is 3.47. The van der Waals surface area contributed by atoms with E-state index in [0.717, 1.165) is 5.56 Å². The molecule has 0 saturated carbocycles. The van der Waals surface area contributed by atoms with Gasteiger partial charge in [0.25, 0.3) is 5.89 Å². The smallest absolute Gasteiger partial charge is 0.415 e. The molecule has 0 aliphatic heterocycles. The van der Waals surface area contributed by atoms with Gasteiger partial charge in [-0.05, 0) is 41.1 Å². The van der Waals surface area contributed by atoms with Gasteiger partial charge >= 0.3 is 12.2 Å². The minimum Gasteiger partial charge on any atom is -0.415 e. The number of tetrazole rings is 1. The Kier molecular flexibility index (Phi) is 4.16. The van der Waals surface area contributed by atoms with E-state index in [2.05, 4.69) is 30.6 Å². The molecule has 12 heteroatoms. The molecule has 5 rings (SSSR count). The van der Waals surface area contributed by atoms with Gasteiger partial charge in [0.2, 0.25) is 11.7 Å². The molecule has 0 fully saturated rings. The highest BCUT2D eigenvalue weighted by molar-refractivity contribution is 5.78. The third kappa shape index (κ3) is 3.34. The van der Waals surface area contributed by atoms with E-state index in [0.29, 0.717) is 34.6 Å². The van der Waals surface area contributed by atoms with E-state index in [-0.39, 0.29) is 5.89 Å². The molecule has 0 saturated heterocycles. The first-order chi connectivity index (χ1) is 14.5. The summed E-state index contributed by atoms with van der Waals surface area (Å²) >= 11 is 0. The molecule has 3 aromatic heterocycles. The fraction of sp³-hybridized carbons (Fsp3) is 0.111. The summed E-state index contributed by atoms with van der Waals surface area (Å²) in [6.07, 6.45) is -2.81. The molecule has 0 atom stereocenters. The van der Waals surface area contributed by atoms with Crippen LogP contribution in [0.1, 0.15) is 17.9 Å². The molecule has 0 spiro atoms. The van der Waals surface area contributed by atoms with Crippen molar-refractivity contribution in [3.8, 4) is 22.8 Å². The summed E-state index contributed by atoms with van der Waals surface area (Å²) in [5.74, 6) is -0.842. The molecule has 30 heavy (non-hydrogen) atoms. The highest BCUT2D eigenvalue weighted by Gasteiger charge is 2.17. The summed E-state index contributed by atoms with van der Waals surface area (Å²) in [7, 11) is 0. The van der Waals surface area contributed by atoms with Gasteiger partial charge in [-0.2, -0.15) is 13.6 Å². The van der Waals surface area contributed by atoms with Crippen molar-refractivity contribution in [1.82, 2.24) is 35.4 Å². The third-order valence-corrected chi connectivity index (χ3v) is 4.28. The molecule has 5 aromatic rings. The number of aromatic nitrogens is 7. The summed E-state index contributed by atoms with van der Waals surface area (Å²) in [6, 6.07) is 12.0. The van der Waals surface area contributed by atoms with Crippen LogP contribution in [-0.4, -0.2) is 35.4 Å². The SMILES string of the molecule is O=c1[nH]c2cc(-c3nnn(Cc4ccc(-c5nnc(C(F)F)o5)cc4)n3)ccc2o1. The van der Waals surface area contributed by atoms with E-state index < -0.39 is 18.1 Å². The van der Waals surface area contributed by atoms with Crippen molar-refractivity contribution in [3.05, 3.63) is 64.5 Å². The zero-order valence-electron chi connectivity index (χ0n) is 15.0. The van der Waals surface area contributed by atoms with Crippen molar-refractivity contribution in [2.24, 2.45) is 0 Å². The molecule has 0 bridgehead atoms. The predicted octanol–water partition coefficient (Wildman–Crippen LogP) is 2.81. The van der Waals surface area contributed by atoms with Crippen LogP contribution < -0.4 is 5.76 Å². The van der Waals surface area contributed by atoms with Gasteiger partial charge in [-0.1, -0.05) is 12.1 Å². The minimum atomic E-state index is -2.81. The Morgan fingerprint density at radius 3 is 2.57 bits per heavy atom. The molecule has 10 nitrogen and oxygen atoms in total. The van der Waals surface area contributed by atoms with Crippen molar-refractivity contribution in [2.45, 2.75) is 13.0 Å². The lowest BCUT2D eigenvalue weighted by molar-refractivity contribution is 0.116. The second kappa shape index (κ2) is 6.99. The molecule has 3 heterocycles. The molecule has 1 N–H and O–H groups in total. The number of fused-ring (bicyclic) bond motifs is 1. The topological polar surface area (TPSA) is 129 Å². The quantitative estimate of drug-likeness (QED) is 0.467. The van der Waals surface area contributed by atoms with Crippen LogP contribution in [0.3, 0.4) is 0 Å². The lowest BCUT2D eigenvalue weighted by Gasteiger charge is -2.01. The van der Waals surface area contributed by atoms with Crippen LogP contribution in [0, 0.1) is 0 Å². The summed E-state index contributed by atoms with van der Waals surface area (Å²) in [4.78, 5) is 15.3. The summed E-state index contributed by atoms with van der Waals surface area (Å²) < 4.78 is 35.0. The molecular weight excluding hydrogens is 400 g/mol. The van der Waals surface area contributed by atoms with Crippen LogP contribution in [0.4, 0.5) is 8.78 Å². The van der Waals surface area contributed by atoms with E-state index in [1.807, 2.05) is 0 Å². The predicted molar refractivity (Wildman–Crippen MR) is 97.4 cm³/mol. The van der Waals surface area contributed by atoms with E-state index in [1.54, 1.807) is 42.5 Å². The highest BCUT2D eigenvalue weighted by atomic mass is 19.3. The Bertz CT molecular complexity index is 1380. The number of nitrogens with one attached hydrogen (secondary N) is 1. The van der Waals surface area contributed by atoms with E-state index in [1.165, 1.54) is 4.80 Å². The molecule has 0 amide bonds. The Morgan fingerprint density at radius 2 is 1.80 bits per heavy atom. The van der Waals surface area contributed by atoms with Crippen LogP contribution in [-0.2, 0) is 6.54 Å². The number of aromatic amines is 1. The van der Waals surface area contributed by atoms with Crippen LogP contribution in [0.5, 0.6) is 0 Å². The normalized spacial score (nSPS) is 11.6. The van der Waals surface area contributed by atoms with Gasteiger partial charge in [-0.25, -0.2) is 4.79 Å². The summed E-state index contributed by atoms with van der Waals surface area (Å²) in [6.45, 7) is 0.337. The van der Waals surface area contributed by atoms with E-state index in [4.69, 9.17) is 8.83 Å². The van der Waals surface area contributed by atoms with Gasteiger partial charge in [-0.3, -0.25) is 4.98 Å². The highest BCUT2D eigenvalue weighted by Crippen LogP contribution is 2.24. The number of halogens is 2. The summed E-state index contributed by atoms with van der Waals surface area (Å²) in [5, 5.41) is 19.3. The minimum absolute atomic E-state index is 0.0192. The zero-order valence-corrected chi connectivity index (χ0v) is 15.0. The zero-order chi connectivity index (χ0) is 20.7. The Balaban J connectivity index is 1.33. The Hall–Kier alpha value is -4.22. The van der Waals surface area contributed by atoms with Gasteiger partial charge in [0.05, 0.1) is 12.1 Å². The Morgan fingerprint density at radius 1 is 1.00 bits per heavy atom. The maximum absolute atomic E-state index is 12.6. The maximum atomic E-state index is 12.6. The van der Waals surface area contributed by atoms with Crippen LogP contribution in [0.2, 0.25) is 0 Å². The number of rotatable bonds is 5. The van der Waals surface area contributed by atoms with Crippen LogP contribution in [0.25, 0.3) is 33.9 Å². The van der Waals surface area contributed by atoms with Gasteiger partial charge in [0.15, 0.2) is 5.58 Å². The number of H-pyrrole nitrogens is 1. The number of hydrogen-bond donors (Lipinski definition) is 1. The second-order valence-electron chi connectivity index (χ2n) is 6.31. The largest absolute Gasteiger partial charge is 0.417 e. The number of oxazole rings is 1. The van der Waals surface area contributed by atoms with Crippen LogP contribution >= 0.6 is 0 Å². The van der Waals surface area contributed by atoms with Crippen molar-refractivity contribution >= 4 is 11.1 Å². The molecule has 0 radical (unpaired) electrons. The van der Waals surface area contributed by atoms with Crippen molar-refractivity contribution in [3.63, 3.8) is 0 Å². The Labute approximate surface area is 165 Å². The fourth-order valence-electron chi connectivity index (χ4n) is 2.87. The standard InChI is InChI=1S/C18H11F2N7O3/c19-14(20)17-24-23-16(30-17)10-3-1-9(2-4-10)8-27-25-15(22-26-27)11-5-6-13-12(7-11)21-18(28)29-13/h1-7,14H,8H2,(H,21,28). The van der Waals surface area contributed by atoms with E-state index in [9.17, 15) is 13.6 Å². The lowest BCUT2D eigenvalue weighted by Crippen LogP contribution is -2.03. The van der Waals surface area contributed by atoms with Gasteiger partial charge < -0.3 is 8.83 Å². The monoisotopic (exact) mass is 411 g/mol. The first kappa shape index (κ1) is 17.8. The lowest BCUT2D eigenvalue weighted by atomic mass is 10.1. The first-order valence-corrected chi connectivity index (χ1v) is 8.67. The number of alkyl halides is 2. The maximum Gasteiger partial charge on any atom is 0.417 e. The second-order valence-corrected chi connectivity index (χ2v) is 6.31. The number of nitrogens with zero attached hydrogens (tertiary/aromatic N) is 6. The fourth-order valence-corrected chi connectivity index (χ4v) is 2.87. The average molecular weight is 411 g/mol. The number of hydrogen-bond acceptors (Lipinski definition) is 8. The summed E-state index contributed by atoms with van der Waals surface area (Å²) in [5.41, 5.74) is 3.03. The molecule has 2 aromatic carbocycles. The van der Waals surface area contributed by atoms with Crippen molar-refractivity contribution in [2.75, 3.05) is 0 Å². The molecule has 0 aliphatic carbocycles. The molecule has 0 aliphatic rings. The van der Waals surface area contributed by atoms with Gasteiger partial charge in [0.1, 0.15) is 0 Å². The van der Waals surface area contributed by atoms with Crippen LogP contribution in [0.15, 0.2) is 56.1 Å². The van der Waals surface area contributed by atoms with Crippen molar-refractivity contribution in [1.29, 1.82) is 0 Å². The van der Waals surface area contributed by atoms with Gasteiger partial charge in [0, 0.05) is 11.1 Å². The first-order valence-electron chi connectivity index (χ1n) is 8.67. The molecule has 0 unspecified atom stereocenters. The third-order valence-electron chi connectivity index (χ3n) is 4.28. The number of benzene rings is 2.